The summed E-state index contributed by atoms with van der Waals surface area (Å²) < 4.78 is 0. The van der Waals surface area contributed by atoms with Gasteiger partial charge in [0.15, 0.2) is 0 Å². The number of aromatic nitrogens is 1. The third-order valence-electron chi connectivity index (χ3n) is 3.52. The monoisotopic (exact) mass is 327 g/mol. The Morgan fingerprint density at radius 1 is 1.17 bits per heavy atom. The van der Waals surface area contributed by atoms with Crippen LogP contribution < -0.4 is 10.6 Å². The molecule has 3 N–H and O–H groups in total. The molecule has 126 valence electrons. The quantitative estimate of drug-likeness (QED) is 0.682. The summed E-state index contributed by atoms with van der Waals surface area (Å²) in [5.41, 5.74) is 2.80. The van der Waals surface area contributed by atoms with Crippen molar-refractivity contribution in [3.05, 3.63) is 65.5 Å². The molecule has 2 amide bonds. The van der Waals surface area contributed by atoms with E-state index in [2.05, 4.69) is 15.6 Å². The number of urea groups is 1. The summed E-state index contributed by atoms with van der Waals surface area (Å²) in [6.45, 7) is 2.31. The van der Waals surface area contributed by atoms with Gasteiger partial charge in [0, 0.05) is 19.2 Å². The van der Waals surface area contributed by atoms with E-state index in [0.29, 0.717) is 13.0 Å². The Hall–Kier alpha value is -2.89. The second kappa shape index (κ2) is 8.67. The van der Waals surface area contributed by atoms with Crippen LogP contribution in [-0.4, -0.2) is 28.6 Å². The minimum Gasteiger partial charge on any atom is -0.481 e. The largest absolute Gasteiger partial charge is 0.481 e. The van der Waals surface area contributed by atoms with Gasteiger partial charge in [0.1, 0.15) is 0 Å². The molecule has 6 nitrogen and oxygen atoms in total. The van der Waals surface area contributed by atoms with Gasteiger partial charge in [0.25, 0.3) is 0 Å². The van der Waals surface area contributed by atoms with Gasteiger partial charge in [-0.3, -0.25) is 9.78 Å². The lowest BCUT2D eigenvalue weighted by molar-refractivity contribution is -0.137. The molecule has 1 heterocycles. The number of aliphatic carboxylic acids is 1. The number of carbonyl (C=O) groups is 2. The highest BCUT2D eigenvalue weighted by Gasteiger charge is 2.17. The van der Waals surface area contributed by atoms with E-state index in [-0.39, 0.29) is 18.5 Å². The third-order valence-corrected chi connectivity index (χ3v) is 3.52. The predicted molar refractivity (Wildman–Crippen MR) is 90.7 cm³/mol. The molecule has 24 heavy (non-hydrogen) atoms. The van der Waals surface area contributed by atoms with E-state index in [4.69, 9.17) is 5.11 Å². The van der Waals surface area contributed by atoms with Crippen LogP contribution in [0.5, 0.6) is 0 Å². The molecular weight excluding hydrogens is 306 g/mol. The number of amides is 2. The van der Waals surface area contributed by atoms with Gasteiger partial charge in [-0.25, -0.2) is 4.79 Å². The average molecular weight is 327 g/mol. The van der Waals surface area contributed by atoms with E-state index in [1.165, 1.54) is 0 Å². The van der Waals surface area contributed by atoms with Crippen molar-refractivity contribution in [2.75, 3.05) is 6.54 Å². The number of benzene rings is 1. The van der Waals surface area contributed by atoms with Crippen LogP contribution in [0.2, 0.25) is 0 Å². The van der Waals surface area contributed by atoms with Crippen molar-refractivity contribution in [3.63, 3.8) is 0 Å². The maximum absolute atomic E-state index is 12.1. The number of hydrogen-bond acceptors (Lipinski definition) is 3. The first-order chi connectivity index (χ1) is 11.6. The first-order valence-electron chi connectivity index (χ1n) is 7.80. The maximum atomic E-state index is 12.1. The van der Waals surface area contributed by atoms with E-state index in [9.17, 15) is 9.59 Å². The van der Waals surface area contributed by atoms with E-state index in [1.54, 1.807) is 6.20 Å². The normalized spacial score (nSPS) is 11.5. The smallest absolute Gasteiger partial charge is 0.315 e. The molecule has 0 aliphatic carbocycles. The van der Waals surface area contributed by atoms with Crippen molar-refractivity contribution < 1.29 is 14.7 Å². The zero-order valence-corrected chi connectivity index (χ0v) is 13.5. The van der Waals surface area contributed by atoms with Crippen LogP contribution >= 0.6 is 0 Å². The highest BCUT2D eigenvalue weighted by atomic mass is 16.4. The zero-order valence-electron chi connectivity index (χ0n) is 13.5. The van der Waals surface area contributed by atoms with Crippen molar-refractivity contribution >= 4 is 12.0 Å². The summed E-state index contributed by atoms with van der Waals surface area (Å²) in [7, 11) is 0. The zero-order chi connectivity index (χ0) is 17.4. The van der Waals surface area contributed by atoms with Crippen LogP contribution in [0.15, 0.2) is 48.7 Å². The van der Waals surface area contributed by atoms with E-state index < -0.39 is 5.97 Å². The minimum atomic E-state index is -0.872. The Balaban J connectivity index is 2.05. The molecule has 2 aromatic rings. The molecule has 0 saturated heterocycles. The van der Waals surface area contributed by atoms with E-state index >= 15 is 0 Å². The van der Waals surface area contributed by atoms with Crippen LogP contribution in [0.25, 0.3) is 0 Å². The van der Waals surface area contributed by atoms with Gasteiger partial charge in [-0.15, -0.1) is 0 Å². The lowest BCUT2D eigenvalue weighted by atomic mass is 10.0. The topological polar surface area (TPSA) is 91.3 Å². The van der Waals surface area contributed by atoms with Gasteiger partial charge >= 0.3 is 12.0 Å². The molecule has 0 radical (unpaired) electrons. The van der Waals surface area contributed by atoms with E-state index in [1.807, 2.05) is 49.4 Å². The van der Waals surface area contributed by atoms with Crippen LogP contribution in [0.4, 0.5) is 4.79 Å². The van der Waals surface area contributed by atoms with Gasteiger partial charge in [-0.1, -0.05) is 35.9 Å². The Labute approximate surface area is 140 Å². The molecule has 6 heteroatoms. The van der Waals surface area contributed by atoms with E-state index in [0.717, 1.165) is 16.8 Å². The standard InChI is InChI=1S/C18H21N3O3/c1-13-7-9-14(10-8-13)17(15-5-2-3-11-19-15)21-18(24)20-12-4-6-16(22)23/h2-3,5,7-11,17H,4,6,12H2,1H3,(H,22,23)(H2,20,21,24). The first-order valence-corrected chi connectivity index (χ1v) is 7.80. The number of nitrogens with zero attached hydrogens (tertiary/aromatic N) is 1. The van der Waals surface area contributed by atoms with Gasteiger partial charge < -0.3 is 15.7 Å². The fourth-order valence-corrected chi connectivity index (χ4v) is 2.26. The summed E-state index contributed by atoms with van der Waals surface area (Å²) in [5, 5.41) is 14.2. The Morgan fingerprint density at radius 2 is 1.92 bits per heavy atom. The summed E-state index contributed by atoms with van der Waals surface area (Å²) >= 11 is 0. The van der Waals surface area contributed by atoms with Crippen molar-refractivity contribution in [2.45, 2.75) is 25.8 Å². The highest BCUT2D eigenvalue weighted by Crippen LogP contribution is 2.20. The predicted octanol–water partition coefficient (Wildman–Crippen LogP) is 2.64. The Bertz CT molecular complexity index is 672. The van der Waals surface area contributed by atoms with Crippen LogP contribution in [0.3, 0.4) is 0 Å². The van der Waals surface area contributed by atoms with Crippen molar-refractivity contribution in [1.29, 1.82) is 0 Å². The number of carboxylic acid groups (broad SMARTS) is 1. The number of carboxylic acids is 1. The molecule has 2 rings (SSSR count). The number of carbonyl (C=O) groups excluding carboxylic acids is 1. The molecule has 1 aromatic heterocycles. The van der Waals surface area contributed by atoms with Crippen molar-refractivity contribution in [2.24, 2.45) is 0 Å². The summed E-state index contributed by atoms with van der Waals surface area (Å²) in [5.74, 6) is -0.872. The number of aryl methyl sites for hydroxylation is 1. The number of rotatable bonds is 7. The first kappa shape index (κ1) is 17.5. The van der Waals surface area contributed by atoms with Crippen molar-refractivity contribution in [3.8, 4) is 0 Å². The molecule has 1 aromatic carbocycles. The highest BCUT2D eigenvalue weighted by molar-refractivity contribution is 5.75. The van der Waals surface area contributed by atoms with Gasteiger partial charge in [-0.2, -0.15) is 0 Å². The molecule has 0 spiro atoms. The molecule has 0 fully saturated rings. The van der Waals surface area contributed by atoms with Gasteiger partial charge in [0.05, 0.1) is 11.7 Å². The molecule has 1 unspecified atom stereocenters. The molecule has 0 aliphatic heterocycles. The molecule has 0 saturated carbocycles. The SMILES string of the molecule is Cc1ccc(C(NC(=O)NCCCC(=O)O)c2ccccn2)cc1. The summed E-state index contributed by atoms with van der Waals surface area (Å²) in [6.07, 6.45) is 2.10. The third kappa shape index (κ3) is 5.39. The average Bonchev–Trinajstić information content (AvgIpc) is 2.58. The molecule has 0 bridgehead atoms. The second-order valence-corrected chi connectivity index (χ2v) is 5.50. The van der Waals surface area contributed by atoms with Crippen molar-refractivity contribution in [1.82, 2.24) is 15.6 Å². The summed E-state index contributed by atoms with van der Waals surface area (Å²) in [6, 6.07) is 12.7. The fourth-order valence-electron chi connectivity index (χ4n) is 2.26. The van der Waals surface area contributed by atoms with Crippen LogP contribution in [0, 0.1) is 6.92 Å². The Kier molecular flexibility index (Phi) is 6.31. The van der Waals surface area contributed by atoms with Gasteiger partial charge in [0.2, 0.25) is 0 Å². The maximum Gasteiger partial charge on any atom is 0.315 e. The molecule has 1 atom stereocenters. The fraction of sp³-hybridized carbons (Fsp3) is 0.278. The van der Waals surface area contributed by atoms with Crippen LogP contribution in [0.1, 0.15) is 35.7 Å². The van der Waals surface area contributed by atoms with Gasteiger partial charge in [-0.05, 0) is 31.0 Å². The molecule has 0 aliphatic rings. The number of nitrogens with one attached hydrogen (secondary N) is 2. The summed E-state index contributed by atoms with van der Waals surface area (Å²) in [4.78, 5) is 26.9. The Morgan fingerprint density at radius 3 is 2.54 bits per heavy atom. The lowest BCUT2D eigenvalue weighted by Crippen LogP contribution is -2.39. The lowest BCUT2D eigenvalue weighted by Gasteiger charge is -2.19. The minimum absolute atomic E-state index is 0.0297. The number of pyridine rings is 1. The second-order valence-electron chi connectivity index (χ2n) is 5.50. The van der Waals surface area contributed by atoms with Crippen LogP contribution in [-0.2, 0) is 4.79 Å². The number of hydrogen-bond donors (Lipinski definition) is 3. The molecular formula is C18H21N3O3.